The molecule has 1 saturated carbocycles. The number of aromatic nitrogens is 1. The van der Waals surface area contributed by atoms with E-state index in [0.717, 1.165) is 35.8 Å². The van der Waals surface area contributed by atoms with Gasteiger partial charge >= 0.3 is 0 Å². The first-order chi connectivity index (χ1) is 12.1. The summed E-state index contributed by atoms with van der Waals surface area (Å²) in [5, 5.41) is 7.92. The van der Waals surface area contributed by atoms with Crippen LogP contribution in [0.2, 0.25) is 5.02 Å². The number of thioether (sulfide) groups is 1. The smallest absolute Gasteiger partial charge is 0.230 e. The molecule has 1 aliphatic rings. The van der Waals surface area contributed by atoms with Crippen LogP contribution >= 0.6 is 23.4 Å². The van der Waals surface area contributed by atoms with Crippen molar-refractivity contribution >= 4 is 29.3 Å². The summed E-state index contributed by atoms with van der Waals surface area (Å²) < 4.78 is 5.36. The first kappa shape index (κ1) is 18.3. The monoisotopic (exact) mass is 378 g/mol. The van der Waals surface area contributed by atoms with Crippen LogP contribution < -0.4 is 5.32 Å². The van der Waals surface area contributed by atoms with Gasteiger partial charge in [0.25, 0.3) is 0 Å². The van der Waals surface area contributed by atoms with Crippen LogP contribution in [0.4, 0.5) is 0 Å². The van der Waals surface area contributed by atoms with Crippen molar-refractivity contribution in [1.82, 2.24) is 10.5 Å². The fourth-order valence-electron chi connectivity index (χ4n) is 3.06. The molecule has 4 nitrogen and oxygen atoms in total. The lowest BCUT2D eigenvalue weighted by molar-refractivity contribution is -0.119. The van der Waals surface area contributed by atoms with E-state index in [1.807, 2.05) is 30.3 Å². The standard InChI is InChI=1S/C19H23ClN2O2S/c1-13-2-8-16(9-3-13)21-19(23)12-25-11-17-10-18(22-24-17)14-4-6-15(20)7-5-14/h4-7,10,13,16H,2-3,8-9,11-12H2,1H3,(H,21,23). The van der Waals surface area contributed by atoms with Crippen LogP contribution in [0.15, 0.2) is 34.9 Å². The molecule has 1 N–H and O–H groups in total. The van der Waals surface area contributed by atoms with Gasteiger partial charge in [0.15, 0.2) is 0 Å². The lowest BCUT2D eigenvalue weighted by Crippen LogP contribution is -2.38. The number of halogens is 1. The Balaban J connectivity index is 1.41. The minimum absolute atomic E-state index is 0.113. The summed E-state index contributed by atoms with van der Waals surface area (Å²) in [6.45, 7) is 2.28. The number of benzene rings is 1. The second-order valence-electron chi connectivity index (χ2n) is 6.70. The number of carbonyl (C=O) groups excluding carboxylic acids is 1. The maximum absolute atomic E-state index is 12.1. The van der Waals surface area contributed by atoms with E-state index >= 15 is 0 Å². The topological polar surface area (TPSA) is 55.1 Å². The fourth-order valence-corrected chi connectivity index (χ4v) is 3.89. The molecule has 1 heterocycles. The Hall–Kier alpha value is -1.46. The molecule has 1 aliphatic carbocycles. The minimum Gasteiger partial charge on any atom is -0.360 e. The Bertz CT molecular complexity index is 694. The van der Waals surface area contributed by atoms with Crippen molar-refractivity contribution in [3.63, 3.8) is 0 Å². The summed E-state index contributed by atoms with van der Waals surface area (Å²) in [5.41, 5.74) is 1.75. The molecular formula is C19H23ClN2O2S. The zero-order chi connectivity index (χ0) is 17.6. The fraction of sp³-hybridized carbons (Fsp3) is 0.474. The van der Waals surface area contributed by atoms with Gasteiger partial charge in [-0.1, -0.05) is 35.8 Å². The quantitative estimate of drug-likeness (QED) is 0.774. The van der Waals surface area contributed by atoms with E-state index in [2.05, 4.69) is 17.4 Å². The number of rotatable bonds is 6. The molecule has 0 aliphatic heterocycles. The van der Waals surface area contributed by atoms with Crippen LogP contribution in [-0.2, 0) is 10.5 Å². The van der Waals surface area contributed by atoms with Gasteiger partial charge < -0.3 is 9.84 Å². The third-order valence-electron chi connectivity index (χ3n) is 4.56. The van der Waals surface area contributed by atoms with Crippen molar-refractivity contribution in [1.29, 1.82) is 0 Å². The highest BCUT2D eigenvalue weighted by molar-refractivity contribution is 7.99. The predicted octanol–water partition coefficient (Wildman–Crippen LogP) is 4.92. The lowest BCUT2D eigenvalue weighted by Gasteiger charge is -2.26. The van der Waals surface area contributed by atoms with Gasteiger partial charge in [-0.25, -0.2) is 0 Å². The molecule has 1 fully saturated rings. The van der Waals surface area contributed by atoms with Crippen LogP contribution in [0.3, 0.4) is 0 Å². The van der Waals surface area contributed by atoms with Crippen molar-refractivity contribution in [3.8, 4) is 11.3 Å². The van der Waals surface area contributed by atoms with E-state index in [-0.39, 0.29) is 5.91 Å². The van der Waals surface area contributed by atoms with Gasteiger partial charge in [0.05, 0.1) is 11.5 Å². The third-order valence-corrected chi connectivity index (χ3v) is 5.76. The molecule has 3 rings (SSSR count). The zero-order valence-electron chi connectivity index (χ0n) is 14.3. The average Bonchev–Trinajstić information content (AvgIpc) is 3.06. The van der Waals surface area contributed by atoms with Gasteiger partial charge in [-0.2, -0.15) is 0 Å². The van der Waals surface area contributed by atoms with Crippen molar-refractivity contribution in [2.45, 2.75) is 44.4 Å². The van der Waals surface area contributed by atoms with E-state index in [1.54, 1.807) is 11.8 Å². The summed E-state index contributed by atoms with van der Waals surface area (Å²) in [6.07, 6.45) is 4.63. The van der Waals surface area contributed by atoms with E-state index in [9.17, 15) is 4.79 Å². The van der Waals surface area contributed by atoms with E-state index in [4.69, 9.17) is 16.1 Å². The van der Waals surface area contributed by atoms with Crippen LogP contribution in [0.25, 0.3) is 11.3 Å². The minimum atomic E-state index is 0.113. The lowest BCUT2D eigenvalue weighted by atomic mass is 9.87. The van der Waals surface area contributed by atoms with Gasteiger partial charge in [-0.3, -0.25) is 4.79 Å². The van der Waals surface area contributed by atoms with Gasteiger partial charge in [0.2, 0.25) is 5.91 Å². The first-order valence-corrected chi connectivity index (χ1v) is 10.2. The summed E-state index contributed by atoms with van der Waals surface area (Å²) >= 11 is 7.44. The van der Waals surface area contributed by atoms with Crippen LogP contribution in [0.5, 0.6) is 0 Å². The molecule has 2 aromatic rings. The Morgan fingerprint density at radius 3 is 2.72 bits per heavy atom. The van der Waals surface area contributed by atoms with Crippen molar-refractivity contribution in [3.05, 3.63) is 41.1 Å². The molecule has 0 unspecified atom stereocenters. The molecule has 0 spiro atoms. The van der Waals surface area contributed by atoms with E-state index < -0.39 is 0 Å². The normalized spacial score (nSPS) is 20.4. The van der Waals surface area contributed by atoms with Crippen LogP contribution in [0.1, 0.15) is 38.4 Å². The Labute approximate surface area is 157 Å². The maximum atomic E-state index is 12.1. The van der Waals surface area contributed by atoms with Crippen LogP contribution in [-0.4, -0.2) is 22.9 Å². The highest BCUT2D eigenvalue weighted by Crippen LogP contribution is 2.24. The Morgan fingerprint density at radius 2 is 2.00 bits per heavy atom. The van der Waals surface area contributed by atoms with Gasteiger partial charge in [-0.15, -0.1) is 11.8 Å². The third kappa shape index (κ3) is 5.51. The van der Waals surface area contributed by atoms with Crippen molar-refractivity contribution in [2.75, 3.05) is 5.75 Å². The summed E-state index contributed by atoms with van der Waals surface area (Å²) in [4.78, 5) is 12.1. The first-order valence-electron chi connectivity index (χ1n) is 8.69. The number of carbonyl (C=O) groups is 1. The number of nitrogens with one attached hydrogen (secondary N) is 1. The highest BCUT2D eigenvalue weighted by atomic mass is 35.5. The Morgan fingerprint density at radius 1 is 1.28 bits per heavy atom. The van der Waals surface area contributed by atoms with Crippen molar-refractivity contribution < 1.29 is 9.32 Å². The van der Waals surface area contributed by atoms with Gasteiger partial charge in [0, 0.05) is 22.7 Å². The molecule has 1 aromatic heterocycles. The molecule has 0 saturated heterocycles. The Kier molecular flexibility index (Phi) is 6.43. The van der Waals surface area contributed by atoms with Gasteiger partial charge in [0.1, 0.15) is 11.5 Å². The summed E-state index contributed by atoms with van der Waals surface area (Å²) in [7, 11) is 0. The summed E-state index contributed by atoms with van der Waals surface area (Å²) in [5.74, 6) is 2.76. The largest absolute Gasteiger partial charge is 0.360 e. The van der Waals surface area contributed by atoms with E-state index in [0.29, 0.717) is 22.6 Å². The summed E-state index contributed by atoms with van der Waals surface area (Å²) in [6, 6.07) is 9.75. The number of hydrogen-bond acceptors (Lipinski definition) is 4. The molecule has 1 amide bonds. The maximum Gasteiger partial charge on any atom is 0.230 e. The zero-order valence-corrected chi connectivity index (χ0v) is 15.9. The average molecular weight is 379 g/mol. The highest BCUT2D eigenvalue weighted by Gasteiger charge is 2.19. The molecule has 1 aromatic carbocycles. The SMILES string of the molecule is CC1CCC(NC(=O)CSCc2cc(-c3ccc(Cl)cc3)no2)CC1. The van der Waals surface area contributed by atoms with E-state index in [1.165, 1.54) is 12.8 Å². The number of hydrogen-bond donors (Lipinski definition) is 1. The van der Waals surface area contributed by atoms with Crippen LogP contribution in [0, 0.1) is 5.92 Å². The predicted molar refractivity (Wildman–Crippen MR) is 103 cm³/mol. The molecule has 6 heteroatoms. The number of nitrogens with zero attached hydrogens (tertiary/aromatic N) is 1. The molecule has 0 radical (unpaired) electrons. The second kappa shape index (κ2) is 8.77. The van der Waals surface area contributed by atoms with Gasteiger partial charge in [-0.05, 0) is 43.7 Å². The molecule has 134 valence electrons. The molecule has 25 heavy (non-hydrogen) atoms. The van der Waals surface area contributed by atoms with Crippen molar-refractivity contribution in [2.24, 2.45) is 5.92 Å². The molecule has 0 bridgehead atoms. The molecule has 0 atom stereocenters. The second-order valence-corrected chi connectivity index (χ2v) is 8.12. The molecular weight excluding hydrogens is 356 g/mol. The number of amides is 1.